The topological polar surface area (TPSA) is 29.3 Å². The van der Waals surface area contributed by atoms with Gasteiger partial charge in [-0.05, 0) is 20.8 Å². The fourth-order valence-electron chi connectivity index (χ4n) is 1.46. The van der Waals surface area contributed by atoms with Gasteiger partial charge >= 0.3 is 0 Å². The van der Waals surface area contributed by atoms with Gasteiger partial charge in [0.1, 0.15) is 12.0 Å². The van der Waals surface area contributed by atoms with E-state index in [1.807, 2.05) is 0 Å². The van der Waals surface area contributed by atoms with Crippen molar-refractivity contribution >= 4 is 0 Å². The molecule has 0 saturated heterocycles. The minimum atomic E-state index is 0.230. The van der Waals surface area contributed by atoms with Crippen LogP contribution in [0, 0.1) is 0 Å². The fourth-order valence-corrected chi connectivity index (χ4v) is 1.46. The van der Waals surface area contributed by atoms with E-state index >= 15 is 0 Å². The molecule has 0 saturated carbocycles. The zero-order valence-corrected chi connectivity index (χ0v) is 7.79. The summed E-state index contributed by atoms with van der Waals surface area (Å²) in [7, 11) is 0. The lowest BCUT2D eigenvalue weighted by molar-refractivity contribution is 0.131. The average Bonchev–Trinajstić information content (AvgIpc) is 2.37. The van der Waals surface area contributed by atoms with Crippen molar-refractivity contribution in [1.29, 1.82) is 0 Å². The van der Waals surface area contributed by atoms with E-state index in [-0.39, 0.29) is 5.54 Å². The highest BCUT2D eigenvalue weighted by Crippen LogP contribution is 2.27. The molecule has 1 aliphatic rings. The highest BCUT2D eigenvalue weighted by Gasteiger charge is 2.30. The Kier molecular flexibility index (Phi) is 1.51. The predicted molar refractivity (Wildman–Crippen MR) is 45.5 cm³/mol. The minimum absolute atomic E-state index is 0.230. The van der Waals surface area contributed by atoms with Crippen LogP contribution in [-0.2, 0) is 13.1 Å². The molecule has 0 aromatic carbocycles. The van der Waals surface area contributed by atoms with Crippen LogP contribution < -0.4 is 0 Å². The Morgan fingerprint density at radius 3 is 2.75 bits per heavy atom. The minimum Gasteiger partial charge on any atom is -0.364 e. The van der Waals surface area contributed by atoms with Crippen LogP contribution >= 0.6 is 0 Å². The van der Waals surface area contributed by atoms with E-state index in [0.717, 1.165) is 18.8 Å². The highest BCUT2D eigenvalue weighted by atomic mass is 16.5. The number of aromatic nitrogens is 1. The third-order valence-corrected chi connectivity index (χ3v) is 2.38. The van der Waals surface area contributed by atoms with Crippen LogP contribution in [0.15, 0.2) is 10.8 Å². The Bertz CT molecular complexity index is 264. The van der Waals surface area contributed by atoms with Crippen LogP contribution in [0.3, 0.4) is 0 Å². The predicted octanol–water partition coefficient (Wildman–Crippen LogP) is 1.79. The first-order valence-electron chi connectivity index (χ1n) is 4.24. The maximum absolute atomic E-state index is 4.87. The second-order valence-electron chi connectivity index (χ2n) is 4.31. The normalized spacial score (nSPS) is 18.2. The summed E-state index contributed by atoms with van der Waals surface area (Å²) in [5.41, 5.74) is 2.57. The fraction of sp³-hybridized carbons (Fsp3) is 0.667. The van der Waals surface area contributed by atoms with Crippen LogP contribution in [0.25, 0.3) is 0 Å². The molecule has 3 heteroatoms. The summed E-state index contributed by atoms with van der Waals surface area (Å²) in [6.07, 6.45) is 1.75. The number of nitrogens with zero attached hydrogens (tertiary/aromatic N) is 2. The van der Waals surface area contributed by atoms with Crippen LogP contribution in [0.1, 0.15) is 32.0 Å². The lowest BCUT2D eigenvalue weighted by Crippen LogP contribution is -2.37. The van der Waals surface area contributed by atoms with Crippen molar-refractivity contribution in [2.75, 3.05) is 0 Å². The third-order valence-electron chi connectivity index (χ3n) is 2.38. The summed E-state index contributed by atoms with van der Waals surface area (Å²) in [5, 5.41) is 3.94. The van der Waals surface area contributed by atoms with E-state index in [4.69, 9.17) is 4.52 Å². The quantitative estimate of drug-likeness (QED) is 0.588. The average molecular weight is 166 g/mol. The Labute approximate surface area is 72.3 Å². The Hall–Kier alpha value is -0.830. The Morgan fingerprint density at radius 2 is 2.17 bits per heavy atom. The summed E-state index contributed by atoms with van der Waals surface area (Å²) >= 11 is 0. The van der Waals surface area contributed by atoms with E-state index in [1.54, 1.807) is 6.26 Å². The first-order valence-corrected chi connectivity index (χ1v) is 4.24. The van der Waals surface area contributed by atoms with Gasteiger partial charge in [0.25, 0.3) is 0 Å². The molecular weight excluding hydrogens is 152 g/mol. The molecule has 0 atom stereocenters. The number of fused-ring (bicyclic) bond motifs is 1. The molecule has 3 nitrogen and oxygen atoms in total. The van der Waals surface area contributed by atoms with Crippen molar-refractivity contribution in [3.05, 3.63) is 17.5 Å². The first kappa shape index (κ1) is 7.80. The summed E-state index contributed by atoms with van der Waals surface area (Å²) in [6.45, 7) is 8.56. The van der Waals surface area contributed by atoms with Crippen LogP contribution in [-0.4, -0.2) is 15.6 Å². The SMILES string of the molecule is CC(C)(C)N1Cc2conc2C1. The van der Waals surface area contributed by atoms with E-state index in [2.05, 4.69) is 30.8 Å². The van der Waals surface area contributed by atoms with Gasteiger partial charge in [-0.2, -0.15) is 0 Å². The lowest BCUT2D eigenvalue weighted by Gasteiger charge is -2.30. The third kappa shape index (κ3) is 1.14. The largest absolute Gasteiger partial charge is 0.364 e. The van der Waals surface area contributed by atoms with Crippen LogP contribution in [0.5, 0.6) is 0 Å². The monoisotopic (exact) mass is 166 g/mol. The van der Waals surface area contributed by atoms with Crippen LogP contribution in [0.2, 0.25) is 0 Å². The van der Waals surface area contributed by atoms with Gasteiger partial charge in [0, 0.05) is 24.2 Å². The molecule has 1 aromatic rings. The van der Waals surface area contributed by atoms with Crippen molar-refractivity contribution < 1.29 is 4.52 Å². The molecular formula is C9H14N2O. The van der Waals surface area contributed by atoms with Crippen molar-refractivity contribution in [3.8, 4) is 0 Å². The van der Waals surface area contributed by atoms with Crippen molar-refractivity contribution in [2.45, 2.75) is 39.4 Å². The van der Waals surface area contributed by atoms with Gasteiger partial charge in [-0.25, -0.2) is 0 Å². The molecule has 2 heterocycles. The molecule has 0 aliphatic carbocycles. The molecule has 0 bridgehead atoms. The second kappa shape index (κ2) is 2.33. The maximum atomic E-state index is 4.87. The molecule has 66 valence electrons. The van der Waals surface area contributed by atoms with E-state index in [0.29, 0.717) is 0 Å². The number of rotatable bonds is 0. The van der Waals surface area contributed by atoms with E-state index < -0.39 is 0 Å². The summed E-state index contributed by atoms with van der Waals surface area (Å²) < 4.78 is 4.87. The number of hydrogen-bond donors (Lipinski definition) is 0. The maximum Gasteiger partial charge on any atom is 0.128 e. The molecule has 0 fully saturated rings. The van der Waals surface area contributed by atoms with Gasteiger partial charge in [0.05, 0.1) is 0 Å². The molecule has 2 rings (SSSR count). The first-order chi connectivity index (χ1) is 5.57. The molecule has 12 heavy (non-hydrogen) atoms. The number of hydrogen-bond acceptors (Lipinski definition) is 3. The van der Waals surface area contributed by atoms with Gasteiger partial charge in [-0.3, -0.25) is 4.90 Å². The molecule has 0 amide bonds. The Balaban J connectivity index is 2.18. The standard InChI is InChI=1S/C9H14N2O/c1-9(2,3)11-4-7-6-12-10-8(7)5-11/h6H,4-5H2,1-3H3. The van der Waals surface area contributed by atoms with Gasteiger partial charge in [-0.1, -0.05) is 5.16 Å². The van der Waals surface area contributed by atoms with Crippen molar-refractivity contribution in [2.24, 2.45) is 0 Å². The van der Waals surface area contributed by atoms with Crippen molar-refractivity contribution in [3.63, 3.8) is 0 Å². The highest BCUT2D eigenvalue weighted by molar-refractivity contribution is 5.19. The van der Waals surface area contributed by atoms with Gasteiger partial charge in [0.15, 0.2) is 0 Å². The molecule has 0 unspecified atom stereocenters. The van der Waals surface area contributed by atoms with Crippen LogP contribution in [0.4, 0.5) is 0 Å². The molecule has 0 radical (unpaired) electrons. The zero-order chi connectivity index (χ0) is 8.77. The molecule has 1 aromatic heterocycles. The second-order valence-corrected chi connectivity index (χ2v) is 4.31. The Morgan fingerprint density at radius 1 is 1.42 bits per heavy atom. The summed E-state index contributed by atoms with van der Waals surface area (Å²) in [6, 6.07) is 0. The van der Waals surface area contributed by atoms with Gasteiger partial charge in [0.2, 0.25) is 0 Å². The zero-order valence-electron chi connectivity index (χ0n) is 7.79. The van der Waals surface area contributed by atoms with Crippen molar-refractivity contribution in [1.82, 2.24) is 10.1 Å². The molecule has 0 N–H and O–H groups in total. The molecule has 1 aliphatic heterocycles. The summed E-state index contributed by atoms with van der Waals surface area (Å²) in [5.74, 6) is 0. The van der Waals surface area contributed by atoms with Gasteiger partial charge < -0.3 is 4.52 Å². The lowest BCUT2D eigenvalue weighted by atomic mass is 10.1. The van der Waals surface area contributed by atoms with E-state index in [1.165, 1.54) is 5.56 Å². The smallest absolute Gasteiger partial charge is 0.128 e. The molecule has 0 spiro atoms. The van der Waals surface area contributed by atoms with E-state index in [9.17, 15) is 0 Å². The summed E-state index contributed by atoms with van der Waals surface area (Å²) in [4.78, 5) is 2.39. The van der Waals surface area contributed by atoms with Gasteiger partial charge in [-0.15, -0.1) is 0 Å².